The molecule has 2 aromatic rings. The van der Waals surface area contributed by atoms with Crippen LogP contribution in [0.15, 0.2) is 41.3 Å². The number of fused-ring (bicyclic) bond motifs is 1. The minimum atomic E-state index is -4.04. The van der Waals surface area contributed by atoms with Gasteiger partial charge < -0.3 is 9.64 Å². The molecule has 1 N–H and O–H groups in total. The Balaban J connectivity index is 1.96. The van der Waals surface area contributed by atoms with E-state index in [0.717, 1.165) is 23.4 Å². The highest BCUT2D eigenvalue weighted by Crippen LogP contribution is 2.32. The molecule has 24 heavy (non-hydrogen) atoms. The number of likely N-dealkylation sites (N-methyl/N-ethyl adjacent to an activating group) is 1. The standard InChI is InChI=1S/C16H15FN2O4S/c1-19-13-5-4-12(7-10(13)8-16(19)20)18-24(21,22)15-9-11(17)3-6-14(15)23-2/h3-7,9,18H,8H2,1-2H3. The second kappa shape index (κ2) is 5.79. The van der Waals surface area contributed by atoms with Crippen LogP contribution in [0.5, 0.6) is 5.75 Å². The summed E-state index contributed by atoms with van der Waals surface area (Å²) in [5.74, 6) is -0.700. The highest BCUT2D eigenvalue weighted by molar-refractivity contribution is 7.92. The first kappa shape index (κ1) is 16.3. The summed E-state index contributed by atoms with van der Waals surface area (Å²) in [5, 5.41) is 0. The lowest BCUT2D eigenvalue weighted by Crippen LogP contribution is -2.20. The Kier molecular flexibility index (Phi) is 3.92. The molecule has 3 rings (SSSR count). The van der Waals surface area contributed by atoms with Crippen molar-refractivity contribution in [2.75, 3.05) is 23.8 Å². The van der Waals surface area contributed by atoms with Gasteiger partial charge in [-0.15, -0.1) is 0 Å². The molecule has 126 valence electrons. The maximum atomic E-state index is 13.4. The molecule has 1 amide bonds. The predicted octanol–water partition coefficient (Wildman–Crippen LogP) is 2.15. The van der Waals surface area contributed by atoms with E-state index >= 15 is 0 Å². The molecule has 2 aromatic carbocycles. The summed E-state index contributed by atoms with van der Waals surface area (Å²) in [6, 6.07) is 8.08. The summed E-state index contributed by atoms with van der Waals surface area (Å²) in [6.07, 6.45) is 0.213. The number of halogens is 1. The van der Waals surface area contributed by atoms with Crippen molar-refractivity contribution in [3.63, 3.8) is 0 Å². The zero-order chi connectivity index (χ0) is 17.5. The number of anilines is 2. The molecule has 0 saturated carbocycles. The average molecular weight is 350 g/mol. The number of ether oxygens (including phenoxy) is 1. The molecule has 8 heteroatoms. The molecular formula is C16H15FN2O4S. The normalized spacial score (nSPS) is 13.8. The summed E-state index contributed by atoms with van der Waals surface area (Å²) < 4.78 is 45.9. The summed E-state index contributed by atoms with van der Waals surface area (Å²) in [6.45, 7) is 0. The molecule has 1 aliphatic heterocycles. The number of amides is 1. The first-order chi connectivity index (χ1) is 11.3. The molecule has 0 unspecified atom stereocenters. The number of nitrogens with one attached hydrogen (secondary N) is 1. The van der Waals surface area contributed by atoms with E-state index in [9.17, 15) is 17.6 Å². The first-order valence-corrected chi connectivity index (χ1v) is 8.56. The zero-order valence-corrected chi connectivity index (χ0v) is 13.9. The monoisotopic (exact) mass is 350 g/mol. The van der Waals surface area contributed by atoms with E-state index in [1.807, 2.05) is 0 Å². The minimum absolute atomic E-state index is 0.0416. The van der Waals surface area contributed by atoms with Gasteiger partial charge in [-0.2, -0.15) is 0 Å². The van der Waals surface area contributed by atoms with Crippen molar-refractivity contribution in [1.82, 2.24) is 0 Å². The van der Waals surface area contributed by atoms with Gasteiger partial charge in [-0.1, -0.05) is 0 Å². The Bertz CT molecular complexity index is 928. The fourth-order valence-corrected chi connectivity index (χ4v) is 3.84. The molecule has 0 fully saturated rings. The van der Waals surface area contributed by atoms with E-state index in [-0.39, 0.29) is 23.0 Å². The Morgan fingerprint density at radius 3 is 2.67 bits per heavy atom. The lowest BCUT2D eigenvalue weighted by atomic mass is 10.1. The highest BCUT2D eigenvalue weighted by atomic mass is 32.2. The zero-order valence-electron chi connectivity index (χ0n) is 13.0. The number of carbonyl (C=O) groups is 1. The lowest BCUT2D eigenvalue weighted by molar-refractivity contribution is -0.117. The smallest absolute Gasteiger partial charge is 0.265 e. The van der Waals surface area contributed by atoms with Crippen LogP contribution in [0.3, 0.4) is 0 Å². The minimum Gasteiger partial charge on any atom is -0.495 e. The van der Waals surface area contributed by atoms with Gasteiger partial charge in [0, 0.05) is 18.4 Å². The van der Waals surface area contributed by atoms with Gasteiger partial charge in [0.1, 0.15) is 16.5 Å². The van der Waals surface area contributed by atoms with E-state index in [1.54, 1.807) is 25.2 Å². The van der Waals surface area contributed by atoms with Gasteiger partial charge >= 0.3 is 0 Å². The van der Waals surface area contributed by atoms with E-state index in [2.05, 4.69) is 4.72 Å². The summed E-state index contributed by atoms with van der Waals surface area (Å²) in [4.78, 5) is 12.9. The van der Waals surface area contributed by atoms with Gasteiger partial charge in [0.2, 0.25) is 5.91 Å². The molecule has 0 atom stereocenters. The summed E-state index contributed by atoms with van der Waals surface area (Å²) in [7, 11) is -1.07. The van der Waals surface area contributed by atoms with Gasteiger partial charge in [-0.05, 0) is 42.0 Å². The second-order valence-corrected chi connectivity index (χ2v) is 7.02. The molecule has 6 nitrogen and oxygen atoms in total. The number of rotatable bonds is 4. The fourth-order valence-electron chi connectivity index (χ4n) is 2.60. The highest BCUT2D eigenvalue weighted by Gasteiger charge is 2.25. The topological polar surface area (TPSA) is 75.7 Å². The predicted molar refractivity (Wildman–Crippen MR) is 87.3 cm³/mol. The summed E-state index contributed by atoms with van der Waals surface area (Å²) >= 11 is 0. The molecular weight excluding hydrogens is 335 g/mol. The third-order valence-electron chi connectivity index (χ3n) is 3.82. The molecule has 0 saturated heterocycles. The van der Waals surface area contributed by atoms with Crippen LogP contribution in [0.25, 0.3) is 0 Å². The van der Waals surface area contributed by atoms with E-state index < -0.39 is 15.8 Å². The number of hydrogen-bond donors (Lipinski definition) is 1. The number of methoxy groups -OCH3 is 1. The lowest BCUT2D eigenvalue weighted by Gasteiger charge is -2.13. The van der Waals surface area contributed by atoms with Crippen molar-refractivity contribution in [2.45, 2.75) is 11.3 Å². The van der Waals surface area contributed by atoms with Crippen LogP contribution in [-0.2, 0) is 21.2 Å². The maximum Gasteiger partial charge on any atom is 0.265 e. The van der Waals surface area contributed by atoms with Crippen molar-refractivity contribution in [1.29, 1.82) is 0 Å². The SMILES string of the molecule is COc1ccc(F)cc1S(=O)(=O)Nc1ccc2c(c1)CC(=O)N2C. The second-order valence-electron chi connectivity index (χ2n) is 5.37. The molecule has 0 aromatic heterocycles. The Hall–Kier alpha value is -2.61. The van der Waals surface area contributed by atoms with Crippen LogP contribution in [0.1, 0.15) is 5.56 Å². The quantitative estimate of drug-likeness (QED) is 0.917. The van der Waals surface area contributed by atoms with E-state index in [1.165, 1.54) is 18.1 Å². The summed E-state index contributed by atoms with van der Waals surface area (Å²) in [5.41, 5.74) is 1.77. The molecule has 0 spiro atoms. The Morgan fingerprint density at radius 1 is 1.21 bits per heavy atom. The molecule has 1 heterocycles. The Morgan fingerprint density at radius 2 is 1.96 bits per heavy atom. The maximum absolute atomic E-state index is 13.4. The Labute approximate surface area is 138 Å². The molecule has 0 aliphatic carbocycles. The van der Waals surface area contributed by atoms with Crippen LogP contribution in [0.4, 0.5) is 15.8 Å². The van der Waals surface area contributed by atoms with Crippen LogP contribution in [-0.4, -0.2) is 28.5 Å². The van der Waals surface area contributed by atoms with Crippen LogP contribution in [0, 0.1) is 5.82 Å². The molecule has 0 bridgehead atoms. The number of carbonyl (C=O) groups excluding carboxylic acids is 1. The van der Waals surface area contributed by atoms with E-state index in [4.69, 9.17) is 4.74 Å². The largest absolute Gasteiger partial charge is 0.495 e. The van der Waals surface area contributed by atoms with Crippen molar-refractivity contribution in [2.24, 2.45) is 0 Å². The third-order valence-corrected chi connectivity index (χ3v) is 5.23. The van der Waals surface area contributed by atoms with Gasteiger partial charge in [0.05, 0.1) is 13.5 Å². The average Bonchev–Trinajstić information content (AvgIpc) is 2.81. The first-order valence-electron chi connectivity index (χ1n) is 7.07. The fraction of sp³-hybridized carbons (Fsp3) is 0.188. The number of sulfonamides is 1. The van der Waals surface area contributed by atoms with Crippen molar-refractivity contribution in [3.05, 3.63) is 47.8 Å². The molecule has 0 radical (unpaired) electrons. The number of hydrogen-bond acceptors (Lipinski definition) is 4. The van der Waals surface area contributed by atoms with Gasteiger partial charge in [-0.3, -0.25) is 9.52 Å². The van der Waals surface area contributed by atoms with E-state index in [0.29, 0.717) is 5.69 Å². The number of nitrogens with zero attached hydrogens (tertiary/aromatic N) is 1. The van der Waals surface area contributed by atoms with Crippen molar-refractivity contribution in [3.8, 4) is 5.75 Å². The van der Waals surface area contributed by atoms with Crippen LogP contribution >= 0.6 is 0 Å². The van der Waals surface area contributed by atoms with Crippen LogP contribution in [0.2, 0.25) is 0 Å². The van der Waals surface area contributed by atoms with Gasteiger partial charge in [0.25, 0.3) is 10.0 Å². The molecule has 1 aliphatic rings. The van der Waals surface area contributed by atoms with Gasteiger partial charge in [0.15, 0.2) is 0 Å². The van der Waals surface area contributed by atoms with Crippen molar-refractivity contribution < 1.29 is 22.3 Å². The number of benzene rings is 2. The van der Waals surface area contributed by atoms with Crippen molar-refractivity contribution >= 4 is 27.3 Å². The van der Waals surface area contributed by atoms with Crippen LogP contribution < -0.4 is 14.4 Å². The van der Waals surface area contributed by atoms with Gasteiger partial charge in [-0.25, -0.2) is 12.8 Å². The third kappa shape index (κ3) is 2.80.